The van der Waals surface area contributed by atoms with Gasteiger partial charge in [-0.25, -0.2) is 4.99 Å². The van der Waals surface area contributed by atoms with Crippen LogP contribution in [0.2, 0.25) is 0 Å². The van der Waals surface area contributed by atoms with E-state index in [9.17, 15) is 15.4 Å². The number of nitro groups is 1. The van der Waals surface area contributed by atoms with E-state index in [2.05, 4.69) is 16.0 Å². The zero-order valence-electron chi connectivity index (χ0n) is 15.0. The molecule has 0 amide bonds. The van der Waals surface area contributed by atoms with Crippen molar-refractivity contribution in [3.63, 3.8) is 0 Å². The number of thiophene rings is 1. The number of nitrogens with zero attached hydrogens (tertiary/aromatic N) is 4. The van der Waals surface area contributed by atoms with Gasteiger partial charge in [-0.1, -0.05) is 17.4 Å². The molecule has 2 aromatic rings. The van der Waals surface area contributed by atoms with E-state index in [1.165, 1.54) is 29.2 Å². The molecule has 1 aromatic heterocycles. The van der Waals surface area contributed by atoms with Crippen LogP contribution in [0, 0.1) is 21.4 Å². The molecule has 28 heavy (non-hydrogen) atoms. The van der Waals surface area contributed by atoms with Crippen molar-refractivity contribution in [3.05, 3.63) is 45.0 Å². The number of aliphatic hydroxyl groups is 1. The molecule has 1 fully saturated rings. The van der Waals surface area contributed by atoms with Gasteiger partial charge in [-0.15, -0.1) is 11.8 Å². The Morgan fingerprint density at radius 3 is 2.93 bits per heavy atom. The molecule has 0 unspecified atom stereocenters. The fourth-order valence-corrected chi connectivity index (χ4v) is 5.77. The molecule has 0 saturated carbocycles. The van der Waals surface area contributed by atoms with Crippen molar-refractivity contribution in [2.75, 3.05) is 30.3 Å². The predicted octanol–water partition coefficient (Wildman–Crippen LogP) is 4.06. The lowest BCUT2D eigenvalue weighted by molar-refractivity contribution is -0.387. The van der Waals surface area contributed by atoms with Gasteiger partial charge in [-0.2, -0.15) is 5.26 Å². The Balaban J connectivity index is 1.65. The van der Waals surface area contributed by atoms with Crippen LogP contribution < -0.4 is 4.90 Å². The summed E-state index contributed by atoms with van der Waals surface area (Å²) in [5.74, 6) is 0.844. The third kappa shape index (κ3) is 3.39. The van der Waals surface area contributed by atoms with Crippen LogP contribution in [-0.4, -0.2) is 41.7 Å². The second-order valence-electron chi connectivity index (χ2n) is 6.69. The number of anilines is 1. The molecule has 0 atom stereocenters. The Bertz CT molecular complexity index is 988. The average molecular weight is 415 g/mol. The second kappa shape index (κ2) is 7.91. The molecule has 0 spiro atoms. The molecule has 1 saturated heterocycles. The third-order valence-corrected chi connectivity index (χ3v) is 7.29. The van der Waals surface area contributed by atoms with Gasteiger partial charge in [-0.3, -0.25) is 10.1 Å². The summed E-state index contributed by atoms with van der Waals surface area (Å²) in [7, 11) is 0. The standard InChI is InChI=1S/C19H18N4O3S2/c20-10-14-17-13-3-5-22(6-4-13)19(17)28-18(14)21-11-12-1-2-16(27-8-7-24)15(9-12)23(25)26/h1-2,9,11,13,24H,3-8H2. The smallest absolute Gasteiger partial charge is 0.283 e. The van der Waals surface area contributed by atoms with Crippen LogP contribution in [0.3, 0.4) is 0 Å². The third-order valence-electron chi connectivity index (χ3n) is 5.07. The molecule has 3 aliphatic rings. The summed E-state index contributed by atoms with van der Waals surface area (Å²) in [4.78, 5) is 18.3. The van der Waals surface area contributed by atoms with Crippen molar-refractivity contribution in [1.29, 1.82) is 5.26 Å². The molecule has 144 valence electrons. The van der Waals surface area contributed by atoms with Gasteiger partial charge in [0.25, 0.3) is 5.69 Å². The number of hydrogen-bond acceptors (Lipinski definition) is 8. The number of aliphatic hydroxyl groups excluding tert-OH is 1. The number of thioether (sulfide) groups is 1. The number of aliphatic imine (C=N–C) groups is 1. The highest BCUT2D eigenvalue weighted by atomic mass is 32.2. The van der Waals surface area contributed by atoms with Crippen LogP contribution >= 0.6 is 23.1 Å². The summed E-state index contributed by atoms with van der Waals surface area (Å²) < 4.78 is 0. The molecular formula is C19H18N4O3S2. The molecule has 1 aromatic carbocycles. The normalized spacial score (nSPS) is 15.8. The van der Waals surface area contributed by atoms with Gasteiger partial charge in [0.05, 0.1) is 27.0 Å². The number of fused-ring (bicyclic) bond motifs is 2. The zero-order chi connectivity index (χ0) is 19.7. The summed E-state index contributed by atoms with van der Waals surface area (Å²) in [6.45, 7) is 2.03. The van der Waals surface area contributed by atoms with Gasteiger partial charge in [0.15, 0.2) is 0 Å². The fraction of sp³-hybridized carbons (Fsp3) is 0.368. The first-order valence-electron chi connectivity index (χ1n) is 9.00. The number of hydrogen-bond donors (Lipinski definition) is 1. The number of nitro benzene ring substituents is 1. The lowest BCUT2D eigenvalue weighted by Crippen LogP contribution is -2.37. The monoisotopic (exact) mass is 414 g/mol. The highest BCUT2D eigenvalue weighted by Gasteiger charge is 2.36. The molecule has 3 aliphatic heterocycles. The number of benzene rings is 1. The first-order valence-corrected chi connectivity index (χ1v) is 10.8. The molecule has 9 heteroatoms. The number of rotatable bonds is 6. The SMILES string of the molecule is N#Cc1c(N=Cc2ccc(SCCO)c([N+](=O)[O-])c2)sc2c1C1CCN2CC1. The first kappa shape index (κ1) is 18.9. The van der Waals surface area contributed by atoms with Gasteiger partial charge in [0.1, 0.15) is 11.1 Å². The Morgan fingerprint density at radius 1 is 1.46 bits per heavy atom. The van der Waals surface area contributed by atoms with Crippen LogP contribution in [0.4, 0.5) is 15.7 Å². The van der Waals surface area contributed by atoms with E-state index in [-0.39, 0.29) is 12.3 Å². The van der Waals surface area contributed by atoms with Gasteiger partial charge in [0, 0.05) is 36.7 Å². The van der Waals surface area contributed by atoms with E-state index in [1.807, 2.05) is 0 Å². The van der Waals surface area contributed by atoms with Gasteiger partial charge < -0.3 is 10.0 Å². The van der Waals surface area contributed by atoms with Crippen LogP contribution in [0.1, 0.15) is 35.4 Å². The largest absolute Gasteiger partial charge is 0.396 e. The zero-order valence-corrected chi connectivity index (χ0v) is 16.6. The van der Waals surface area contributed by atoms with E-state index in [1.54, 1.807) is 18.3 Å². The molecule has 5 rings (SSSR count). The Morgan fingerprint density at radius 2 is 2.25 bits per heavy atom. The van der Waals surface area contributed by atoms with E-state index in [0.29, 0.717) is 32.7 Å². The highest BCUT2D eigenvalue weighted by Crippen LogP contribution is 2.52. The summed E-state index contributed by atoms with van der Waals surface area (Å²) >= 11 is 2.78. The molecule has 1 N–H and O–H groups in total. The molecule has 2 bridgehead atoms. The maximum atomic E-state index is 11.4. The molecule has 0 radical (unpaired) electrons. The van der Waals surface area contributed by atoms with Crippen molar-refractivity contribution >= 4 is 45.0 Å². The second-order valence-corrected chi connectivity index (χ2v) is 8.80. The van der Waals surface area contributed by atoms with Crippen LogP contribution in [0.25, 0.3) is 0 Å². The Labute approximate surface area is 170 Å². The lowest BCUT2D eigenvalue weighted by Gasteiger charge is -2.39. The van der Waals surface area contributed by atoms with Gasteiger partial charge >= 0.3 is 0 Å². The van der Waals surface area contributed by atoms with E-state index >= 15 is 0 Å². The first-order chi connectivity index (χ1) is 13.6. The minimum absolute atomic E-state index is 0.00228. The summed E-state index contributed by atoms with van der Waals surface area (Å²) in [6, 6.07) is 7.25. The maximum absolute atomic E-state index is 11.4. The van der Waals surface area contributed by atoms with Gasteiger partial charge in [0.2, 0.25) is 0 Å². The average Bonchev–Trinajstić information content (AvgIpc) is 3.12. The minimum Gasteiger partial charge on any atom is -0.396 e. The van der Waals surface area contributed by atoms with Gasteiger partial charge in [-0.05, 0) is 30.4 Å². The van der Waals surface area contributed by atoms with Crippen LogP contribution in [0.5, 0.6) is 0 Å². The van der Waals surface area contributed by atoms with Crippen molar-refractivity contribution in [2.24, 2.45) is 4.99 Å². The van der Waals surface area contributed by atoms with E-state index in [0.717, 1.165) is 36.5 Å². The summed E-state index contributed by atoms with van der Waals surface area (Å²) in [5, 5.41) is 31.8. The molecule has 0 aliphatic carbocycles. The Hall–Kier alpha value is -2.41. The highest BCUT2D eigenvalue weighted by molar-refractivity contribution is 7.99. The fourth-order valence-electron chi connectivity index (χ4n) is 3.77. The Kier molecular flexibility index (Phi) is 5.35. The quantitative estimate of drug-likeness (QED) is 0.331. The van der Waals surface area contributed by atoms with Crippen molar-refractivity contribution in [3.8, 4) is 6.07 Å². The number of piperidine rings is 1. The van der Waals surface area contributed by atoms with Crippen molar-refractivity contribution < 1.29 is 10.0 Å². The summed E-state index contributed by atoms with van der Waals surface area (Å²) in [5.41, 5.74) is 2.39. The van der Waals surface area contributed by atoms with E-state index in [4.69, 9.17) is 5.11 Å². The van der Waals surface area contributed by atoms with E-state index < -0.39 is 4.92 Å². The topological polar surface area (TPSA) is 103 Å². The van der Waals surface area contributed by atoms with Crippen LogP contribution in [0.15, 0.2) is 28.1 Å². The summed E-state index contributed by atoms with van der Waals surface area (Å²) in [6.07, 6.45) is 3.75. The molecular weight excluding hydrogens is 396 g/mol. The maximum Gasteiger partial charge on any atom is 0.283 e. The minimum atomic E-state index is -0.424. The lowest BCUT2D eigenvalue weighted by atomic mass is 9.84. The van der Waals surface area contributed by atoms with Crippen LogP contribution in [-0.2, 0) is 0 Å². The van der Waals surface area contributed by atoms with Crippen molar-refractivity contribution in [1.82, 2.24) is 0 Å². The molecule has 7 nitrogen and oxygen atoms in total. The number of nitriles is 1. The van der Waals surface area contributed by atoms with Crippen molar-refractivity contribution in [2.45, 2.75) is 23.7 Å². The predicted molar refractivity (Wildman–Crippen MR) is 111 cm³/mol. The molecule has 4 heterocycles.